The van der Waals surface area contributed by atoms with Gasteiger partial charge in [-0.1, -0.05) is 48.5 Å². The Labute approximate surface area is 200 Å². The van der Waals surface area contributed by atoms with E-state index in [1.54, 1.807) is 24.3 Å². The molecule has 4 aromatic carbocycles. The molecule has 1 heterocycles. The molecule has 1 N–H and O–H groups in total. The van der Waals surface area contributed by atoms with E-state index in [2.05, 4.69) is 29.6 Å². The first-order chi connectivity index (χ1) is 17.0. The first kappa shape index (κ1) is 22.0. The Morgan fingerprint density at radius 3 is 2.29 bits per heavy atom. The number of urea groups is 1. The number of ether oxygens (including phenoxy) is 1. The van der Waals surface area contributed by atoms with Gasteiger partial charge in [0.15, 0.2) is 0 Å². The molecule has 6 nitrogen and oxygen atoms in total. The van der Waals surface area contributed by atoms with Crippen molar-refractivity contribution in [2.75, 3.05) is 4.90 Å². The molecule has 172 valence electrons. The Kier molecular flexibility index (Phi) is 5.81. The summed E-state index contributed by atoms with van der Waals surface area (Å²) >= 11 is 0. The molecule has 0 aromatic heterocycles. The molecule has 0 unspecified atom stereocenters. The fourth-order valence-corrected chi connectivity index (χ4v) is 3.80. The molecule has 0 bridgehead atoms. The highest BCUT2D eigenvalue weighted by atomic mass is 19.1. The van der Waals surface area contributed by atoms with Gasteiger partial charge in [0.1, 0.15) is 23.7 Å². The largest absolute Gasteiger partial charge is 0.489 e. The van der Waals surface area contributed by atoms with Gasteiger partial charge >= 0.3 is 6.03 Å². The standard InChI is InChI=1S/C28H19FN2O4/c29-22-9-11-23(12-10-22)31-27(33)25(26(32)30-28(31)34)16-18-6-13-24(14-7-18)35-17-19-5-8-20-3-1-2-4-21(20)15-19/h1-16H,17H2,(H,30,32,34)/b25-16+. The molecule has 0 radical (unpaired) electrons. The van der Waals surface area contributed by atoms with E-state index < -0.39 is 23.7 Å². The molecule has 0 aliphatic carbocycles. The number of nitrogens with zero attached hydrogens (tertiary/aromatic N) is 1. The van der Waals surface area contributed by atoms with Crippen LogP contribution in [0.2, 0.25) is 0 Å². The normalized spacial score (nSPS) is 14.9. The van der Waals surface area contributed by atoms with Crippen LogP contribution in [0.5, 0.6) is 5.75 Å². The van der Waals surface area contributed by atoms with Gasteiger partial charge < -0.3 is 4.74 Å². The van der Waals surface area contributed by atoms with Gasteiger partial charge in [0.05, 0.1) is 5.69 Å². The molecule has 5 rings (SSSR count). The summed E-state index contributed by atoms with van der Waals surface area (Å²) in [5.74, 6) is -1.46. The lowest BCUT2D eigenvalue weighted by molar-refractivity contribution is -0.122. The van der Waals surface area contributed by atoms with Crippen LogP contribution in [0.15, 0.2) is 96.6 Å². The number of hydrogen-bond donors (Lipinski definition) is 1. The molecule has 1 aliphatic rings. The predicted molar refractivity (Wildman–Crippen MR) is 130 cm³/mol. The Hall–Kier alpha value is -4.78. The molecule has 7 heteroatoms. The van der Waals surface area contributed by atoms with E-state index in [1.165, 1.54) is 18.2 Å². The number of barbiturate groups is 1. The van der Waals surface area contributed by atoms with Gasteiger partial charge in [0.2, 0.25) is 0 Å². The number of anilines is 1. The summed E-state index contributed by atoms with van der Waals surface area (Å²) in [6, 6.07) is 25.1. The van der Waals surface area contributed by atoms with Crippen molar-refractivity contribution in [2.45, 2.75) is 6.61 Å². The smallest absolute Gasteiger partial charge is 0.335 e. The molecule has 1 aliphatic heterocycles. The van der Waals surface area contributed by atoms with Crippen LogP contribution in [-0.2, 0) is 16.2 Å². The fraction of sp³-hybridized carbons (Fsp3) is 0.0357. The Morgan fingerprint density at radius 1 is 0.829 bits per heavy atom. The van der Waals surface area contributed by atoms with Crippen LogP contribution in [0.1, 0.15) is 11.1 Å². The third kappa shape index (κ3) is 4.65. The number of amides is 4. The van der Waals surface area contributed by atoms with E-state index in [-0.39, 0.29) is 11.3 Å². The van der Waals surface area contributed by atoms with Crippen molar-refractivity contribution in [2.24, 2.45) is 0 Å². The summed E-state index contributed by atoms with van der Waals surface area (Å²) in [5, 5.41) is 4.45. The zero-order valence-corrected chi connectivity index (χ0v) is 18.4. The number of fused-ring (bicyclic) bond motifs is 1. The van der Waals surface area contributed by atoms with Gasteiger partial charge in [-0.25, -0.2) is 14.1 Å². The minimum absolute atomic E-state index is 0.157. The van der Waals surface area contributed by atoms with Crippen LogP contribution in [0.4, 0.5) is 14.9 Å². The molecule has 0 saturated carbocycles. The number of halogens is 1. The van der Waals surface area contributed by atoms with Crippen molar-refractivity contribution in [3.05, 3.63) is 114 Å². The monoisotopic (exact) mass is 466 g/mol. The van der Waals surface area contributed by atoms with Crippen LogP contribution >= 0.6 is 0 Å². The summed E-state index contributed by atoms with van der Waals surface area (Å²) in [5.41, 5.74) is 1.56. The highest BCUT2D eigenvalue weighted by molar-refractivity contribution is 6.39. The maximum atomic E-state index is 13.2. The van der Waals surface area contributed by atoms with Crippen molar-refractivity contribution >= 4 is 40.4 Å². The van der Waals surface area contributed by atoms with Crippen molar-refractivity contribution in [1.82, 2.24) is 5.32 Å². The zero-order valence-electron chi connectivity index (χ0n) is 18.4. The van der Waals surface area contributed by atoms with Crippen LogP contribution in [-0.4, -0.2) is 17.8 Å². The Balaban J connectivity index is 1.31. The molecule has 4 aromatic rings. The first-order valence-electron chi connectivity index (χ1n) is 10.9. The number of carbonyl (C=O) groups excluding carboxylic acids is 3. The quantitative estimate of drug-likeness (QED) is 0.323. The van der Waals surface area contributed by atoms with Gasteiger partial charge in [-0.15, -0.1) is 0 Å². The molecular formula is C28H19FN2O4. The molecule has 0 atom stereocenters. The highest BCUT2D eigenvalue weighted by Gasteiger charge is 2.36. The SMILES string of the molecule is O=C1NC(=O)N(c2ccc(F)cc2)C(=O)/C1=C/c1ccc(OCc2ccc3ccccc3c2)cc1. The second-order valence-electron chi connectivity index (χ2n) is 7.97. The maximum Gasteiger partial charge on any atom is 0.335 e. The Morgan fingerprint density at radius 2 is 1.54 bits per heavy atom. The number of hydrogen-bond acceptors (Lipinski definition) is 4. The second-order valence-corrected chi connectivity index (χ2v) is 7.97. The fourth-order valence-electron chi connectivity index (χ4n) is 3.80. The van der Waals surface area contributed by atoms with E-state index in [1.807, 2.05) is 18.2 Å². The lowest BCUT2D eigenvalue weighted by Crippen LogP contribution is -2.54. The van der Waals surface area contributed by atoms with E-state index in [9.17, 15) is 18.8 Å². The number of nitrogens with one attached hydrogen (secondary N) is 1. The lowest BCUT2D eigenvalue weighted by atomic mass is 10.1. The number of imide groups is 2. The van der Waals surface area contributed by atoms with E-state index in [0.29, 0.717) is 17.9 Å². The summed E-state index contributed by atoms with van der Waals surface area (Å²) in [4.78, 5) is 38.3. The van der Waals surface area contributed by atoms with Gasteiger partial charge in [0, 0.05) is 0 Å². The molecule has 4 amide bonds. The molecular weight excluding hydrogens is 447 g/mol. The number of benzene rings is 4. The summed E-state index contributed by atoms with van der Waals surface area (Å²) in [6.45, 7) is 0.390. The average Bonchev–Trinajstić information content (AvgIpc) is 2.87. The van der Waals surface area contributed by atoms with Crippen LogP contribution in [0.3, 0.4) is 0 Å². The van der Waals surface area contributed by atoms with Gasteiger partial charge in [-0.2, -0.15) is 0 Å². The number of carbonyl (C=O) groups is 3. The van der Waals surface area contributed by atoms with Crippen LogP contribution in [0, 0.1) is 5.82 Å². The summed E-state index contributed by atoms with van der Waals surface area (Å²) in [6.07, 6.45) is 1.40. The van der Waals surface area contributed by atoms with Crippen molar-refractivity contribution < 1.29 is 23.5 Å². The predicted octanol–water partition coefficient (Wildman–Crippen LogP) is 5.22. The van der Waals surface area contributed by atoms with Gasteiger partial charge in [0.25, 0.3) is 11.8 Å². The second kappa shape index (κ2) is 9.23. The van der Waals surface area contributed by atoms with Gasteiger partial charge in [-0.05, 0) is 70.4 Å². The molecule has 1 saturated heterocycles. The topological polar surface area (TPSA) is 75.7 Å². The molecule has 1 fully saturated rings. The minimum atomic E-state index is -0.888. The average molecular weight is 466 g/mol. The van der Waals surface area contributed by atoms with E-state index in [0.717, 1.165) is 33.4 Å². The number of rotatable bonds is 5. The molecule has 35 heavy (non-hydrogen) atoms. The third-order valence-corrected chi connectivity index (χ3v) is 5.60. The Bertz CT molecular complexity index is 1480. The van der Waals surface area contributed by atoms with Crippen molar-refractivity contribution in [3.8, 4) is 5.75 Å². The maximum absolute atomic E-state index is 13.2. The van der Waals surface area contributed by atoms with Crippen molar-refractivity contribution in [1.29, 1.82) is 0 Å². The zero-order chi connectivity index (χ0) is 24.4. The van der Waals surface area contributed by atoms with Crippen LogP contribution in [0.25, 0.3) is 16.8 Å². The van der Waals surface area contributed by atoms with Gasteiger partial charge in [-0.3, -0.25) is 14.9 Å². The first-order valence-corrected chi connectivity index (χ1v) is 10.9. The van der Waals surface area contributed by atoms with Crippen LogP contribution < -0.4 is 15.0 Å². The third-order valence-electron chi connectivity index (χ3n) is 5.60. The summed E-state index contributed by atoms with van der Waals surface area (Å²) < 4.78 is 19.1. The summed E-state index contributed by atoms with van der Waals surface area (Å²) in [7, 11) is 0. The molecule has 0 spiro atoms. The lowest BCUT2D eigenvalue weighted by Gasteiger charge is -2.26. The van der Waals surface area contributed by atoms with E-state index in [4.69, 9.17) is 4.74 Å². The minimum Gasteiger partial charge on any atom is -0.489 e. The van der Waals surface area contributed by atoms with E-state index >= 15 is 0 Å². The van der Waals surface area contributed by atoms with Crippen molar-refractivity contribution in [3.63, 3.8) is 0 Å². The highest BCUT2D eigenvalue weighted by Crippen LogP contribution is 2.23.